The molecule has 2 saturated heterocycles. The van der Waals surface area contributed by atoms with Crippen LogP contribution in [-0.2, 0) is 9.47 Å². The molecular formula is C16H19FO3. The Hall–Kier alpha value is -1.26. The number of carbonyl (C=O) groups is 1. The van der Waals surface area contributed by atoms with Crippen LogP contribution in [0.4, 0.5) is 4.39 Å². The van der Waals surface area contributed by atoms with Crippen molar-refractivity contribution >= 4 is 5.78 Å². The largest absolute Gasteiger partial charge is 0.378 e. The average Bonchev–Trinajstić information content (AvgIpc) is 2.86. The zero-order chi connectivity index (χ0) is 14.2. The lowest BCUT2D eigenvalue weighted by Crippen LogP contribution is -2.42. The van der Waals surface area contributed by atoms with Crippen molar-refractivity contribution in [2.75, 3.05) is 19.8 Å². The van der Waals surface area contributed by atoms with Gasteiger partial charge in [-0.05, 0) is 43.5 Å². The van der Waals surface area contributed by atoms with Gasteiger partial charge in [0.05, 0.1) is 12.2 Å². The van der Waals surface area contributed by atoms with E-state index >= 15 is 0 Å². The van der Waals surface area contributed by atoms with Crippen LogP contribution in [0, 0.1) is 18.7 Å². The van der Waals surface area contributed by atoms with Crippen molar-refractivity contribution in [1.82, 2.24) is 0 Å². The molecule has 0 bridgehead atoms. The van der Waals surface area contributed by atoms with Gasteiger partial charge < -0.3 is 9.47 Å². The Balaban J connectivity index is 1.79. The van der Waals surface area contributed by atoms with Gasteiger partial charge in [0.15, 0.2) is 5.78 Å². The van der Waals surface area contributed by atoms with Crippen molar-refractivity contribution in [3.8, 4) is 0 Å². The highest BCUT2D eigenvalue weighted by Gasteiger charge is 2.43. The Labute approximate surface area is 118 Å². The number of ketones is 1. The molecule has 3 rings (SSSR count). The van der Waals surface area contributed by atoms with E-state index in [-0.39, 0.29) is 23.1 Å². The molecule has 2 unspecified atom stereocenters. The molecule has 0 radical (unpaired) electrons. The van der Waals surface area contributed by atoms with Crippen LogP contribution >= 0.6 is 0 Å². The quantitative estimate of drug-likeness (QED) is 0.780. The molecule has 0 aromatic heterocycles. The van der Waals surface area contributed by atoms with E-state index in [4.69, 9.17) is 9.47 Å². The van der Waals surface area contributed by atoms with E-state index in [1.807, 2.05) is 0 Å². The number of Topliss-reactive ketones (excluding diaryl/α,β-unsaturated/α-hetero) is 1. The molecule has 2 aliphatic rings. The highest BCUT2D eigenvalue weighted by molar-refractivity contribution is 5.99. The summed E-state index contributed by atoms with van der Waals surface area (Å²) in [5, 5.41) is 0. The third-order valence-electron chi connectivity index (χ3n) is 4.38. The Morgan fingerprint density at radius 1 is 1.40 bits per heavy atom. The number of hydrogen-bond acceptors (Lipinski definition) is 3. The van der Waals surface area contributed by atoms with Crippen LogP contribution in [-0.4, -0.2) is 31.2 Å². The second kappa shape index (κ2) is 5.26. The lowest BCUT2D eigenvalue weighted by atomic mass is 9.80. The minimum Gasteiger partial charge on any atom is -0.378 e. The number of halogens is 1. The zero-order valence-electron chi connectivity index (χ0n) is 11.7. The topological polar surface area (TPSA) is 35.5 Å². The highest BCUT2D eigenvalue weighted by atomic mass is 19.1. The molecule has 0 amide bonds. The fourth-order valence-electron chi connectivity index (χ4n) is 3.24. The Bertz CT molecular complexity index is 520. The van der Waals surface area contributed by atoms with E-state index in [1.165, 1.54) is 12.1 Å². The fourth-order valence-corrected chi connectivity index (χ4v) is 3.24. The van der Waals surface area contributed by atoms with Crippen LogP contribution in [0.1, 0.15) is 35.2 Å². The first-order valence-electron chi connectivity index (χ1n) is 7.12. The monoisotopic (exact) mass is 278 g/mol. The third-order valence-corrected chi connectivity index (χ3v) is 4.38. The van der Waals surface area contributed by atoms with E-state index in [0.717, 1.165) is 12.8 Å². The van der Waals surface area contributed by atoms with Crippen LogP contribution < -0.4 is 0 Å². The van der Waals surface area contributed by atoms with Crippen molar-refractivity contribution in [3.63, 3.8) is 0 Å². The van der Waals surface area contributed by atoms with E-state index in [9.17, 15) is 9.18 Å². The van der Waals surface area contributed by atoms with Crippen molar-refractivity contribution in [1.29, 1.82) is 0 Å². The van der Waals surface area contributed by atoms with Gasteiger partial charge in [-0.3, -0.25) is 4.79 Å². The summed E-state index contributed by atoms with van der Waals surface area (Å²) in [6.45, 7) is 3.67. The van der Waals surface area contributed by atoms with Crippen LogP contribution in [0.15, 0.2) is 18.2 Å². The summed E-state index contributed by atoms with van der Waals surface area (Å²) in [6.07, 6.45) is 2.30. The van der Waals surface area contributed by atoms with E-state index in [1.54, 1.807) is 13.0 Å². The lowest BCUT2D eigenvalue weighted by Gasteiger charge is -2.36. The van der Waals surface area contributed by atoms with Crippen molar-refractivity contribution in [3.05, 3.63) is 35.1 Å². The predicted molar refractivity (Wildman–Crippen MR) is 72.3 cm³/mol. The maximum Gasteiger partial charge on any atom is 0.166 e. The second-order valence-electron chi connectivity index (χ2n) is 5.85. The van der Waals surface area contributed by atoms with Gasteiger partial charge in [-0.25, -0.2) is 4.39 Å². The van der Waals surface area contributed by atoms with E-state index in [2.05, 4.69) is 0 Å². The number of ether oxygens (including phenoxy) is 2. The molecule has 3 nitrogen and oxygen atoms in total. The van der Waals surface area contributed by atoms with Crippen molar-refractivity contribution in [2.45, 2.75) is 31.8 Å². The molecule has 108 valence electrons. The number of benzene rings is 1. The molecule has 2 fully saturated rings. The van der Waals surface area contributed by atoms with E-state index in [0.29, 0.717) is 37.4 Å². The van der Waals surface area contributed by atoms with Crippen molar-refractivity contribution < 1.29 is 18.7 Å². The van der Waals surface area contributed by atoms with Crippen LogP contribution in [0.5, 0.6) is 0 Å². The van der Waals surface area contributed by atoms with Crippen molar-refractivity contribution in [2.24, 2.45) is 5.92 Å². The smallest absolute Gasteiger partial charge is 0.166 e. The molecule has 2 heterocycles. The molecular weight excluding hydrogens is 259 g/mol. The SMILES string of the molecule is Cc1cc(F)ccc1C(=O)C1CCOC2(CCOC2)C1. The standard InChI is InChI=1S/C16H19FO3/c1-11-8-13(17)2-3-14(11)15(18)12-4-6-20-16(9-12)5-7-19-10-16/h2-3,8,12H,4-7,9-10H2,1H3. The zero-order valence-corrected chi connectivity index (χ0v) is 11.7. The summed E-state index contributed by atoms with van der Waals surface area (Å²) in [6, 6.07) is 4.37. The highest BCUT2D eigenvalue weighted by Crippen LogP contribution is 2.37. The Morgan fingerprint density at radius 3 is 2.95 bits per heavy atom. The lowest BCUT2D eigenvalue weighted by molar-refractivity contribution is -0.0920. The Kier molecular flexibility index (Phi) is 3.61. The van der Waals surface area contributed by atoms with Gasteiger partial charge in [0.2, 0.25) is 0 Å². The molecule has 0 aliphatic carbocycles. The van der Waals surface area contributed by atoms with Gasteiger partial charge in [0.25, 0.3) is 0 Å². The van der Waals surface area contributed by atoms with Crippen LogP contribution in [0.3, 0.4) is 0 Å². The molecule has 2 aliphatic heterocycles. The van der Waals surface area contributed by atoms with Gasteiger partial charge in [0, 0.05) is 31.1 Å². The molecule has 0 N–H and O–H groups in total. The second-order valence-corrected chi connectivity index (χ2v) is 5.85. The first kappa shape index (κ1) is 13.7. The van der Waals surface area contributed by atoms with Crippen LogP contribution in [0.25, 0.3) is 0 Å². The summed E-state index contributed by atoms with van der Waals surface area (Å²) in [5.74, 6) is -0.238. The summed E-state index contributed by atoms with van der Waals surface area (Å²) < 4.78 is 24.4. The molecule has 1 spiro atoms. The Morgan fingerprint density at radius 2 is 2.25 bits per heavy atom. The van der Waals surface area contributed by atoms with Gasteiger partial charge in [0.1, 0.15) is 5.82 Å². The summed E-state index contributed by atoms with van der Waals surface area (Å²) >= 11 is 0. The van der Waals surface area contributed by atoms with E-state index < -0.39 is 0 Å². The van der Waals surface area contributed by atoms with Gasteiger partial charge in [-0.1, -0.05) is 0 Å². The average molecular weight is 278 g/mol. The molecule has 2 atom stereocenters. The molecule has 20 heavy (non-hydrogen) atoms. The minimum absolute atomic E-state index is 0.0467. The third kappa shape index (κ3) is 2.50. The molecule has 1 aromatic rings. The maximum atomic E-state index is 13.1. The van der Waals surface area contributed by atoms with Gasteiger partial charge in [-0.15, -0.1) is 0 Å². The summed E-state index contributed by atoms with van der Waals surface area (Å²) in [7, 11) is 0. The fraction of sp³-hybridized carbons (Fsp3) is 0.562. The van der Waals surface area contributed by atoms with Gasteiger partial charge >= 0.3 is 0 Å². The summed E-state index contributed by atoms with van der Waals surface area (Å²) in [4.78, 5) is 12.7. The number of rotatable bonds is 2. The first-order chi connectivity index (χ1) is 9.60. The summed E-state index contributed by atoms with van der Waals surface area (Å²) in [5.41, 5.74) is 1.07. The van der Waals surface area contributed by atoms with Crippen LogP contribution in [0.2, 0.25) is 0 Å². The number of carbonyl (C=O) groups excluding carboxylic acids is 1. The molecule has 0 saturated carbocycles. The molecule has 4 heteroatoms. The maximum absolute atomic E-state index is 13.1. The number of aryl methyl sites for hydroxylation is 1. The predicted octanol–water partition coefficient (Wildman–Crippen LogP) is 2.90. The van der Waals surface area contributed by atoms with Gasteiger partial charge in [-0.2, -0.15) is 0 Å². The molecule has 1 aromatic carbocycles. The minimum atomic E-state index is -0.299. The normalized spacial score (nSPS) is 29.8. The first-order valence-corrected chi connectivity index (χ1v) is 7.12. The number of hydrogen-bond donors (Lipinski definition) is 0.